The molecule has 3 unspecified atom stereocenters. The number of likely N-dealkylation sites (N-methyl/N-ethyl adjacent to an activating group) is 2. The minimum atomic E-state index is -0.0938. The molecule has 1 saturated heterocycles. The SMILES string of the molecule is CCN=C(NC1CC1c1ccccc1F)N(C)CC1CCCN1CC.I. The molecule has 0 radical (unpaired) electrons. The van der Waals surface area contributed by atoms with Crippen molar-refractivity contribution in [3.63, 3.8) is 0 Å². The highest BCUT2D eigenvalue weighted by Gasteiger charge is 2.41. The van der Waals surface area contributed by atoms with Gasteiger partial charge in [-0.2, -0.15) is 0 Å². The van der Waals surface area contributed by atoms with Crippen molar-refractivity contribution in [1.29, 1.82) is 0 Å². The van der Waals surface area contributed by atoms with Crippen LogP contribution in [0.1, 0.15) is 44.6 Å². The van der Waals surface area contributed by atoms with Crippen LogP contribution in [0.2, 0.25) is 0 Å². The molecule has 1 aliphatic carbocycles. The van der Waals surface area contributed by atoms with Crippen molar-refractivity contribution in [1.82, 2.24) is 15.1 Å². The number of aliphatic imine (C=N–C) groups is 1. The van der Waals surface area contributed by atoms with E-state index in [0.717, 1.165) is 37.6 Å². The Labute approximate surface area is 174 Å². The summed E-state index contributed by atoms with van der Waals surface area (Å²) in [6, 6.07) is 8.02. The van der Waals surface area contributed by atoms with Crippen molar-refractivity contribution in [2.24, 2.45) is 4.99 Å². The van der Waals surface area contributed by atoms with Crippen LogP contribution >= 0.6 is 24.0 Å². The van der Waals surface area contributed by atoms with Crippen LogP contribution in [-0.2, 0) is 0 Å². The lowest BCUT2D eigenvalue weighted by Gasteiger charge is -2.30. The lowest BCUT2D eigenvalue weighted by Crippen LogP contribution is -2.46. The Morgan fingerprint density at radius 3 is 2.81 bits per heavy atom. The molecule has 3 rings (SSSR count). The second-order valence-electron chi connectivity index (χ2n) is 7.22. The van der Waals surface area contributed by atoms with E-state index in [-0.39, 0.29) is 41.8 Å². The van der Waals surface area contributed by atoms with E-state index < -0.39 is 0 Å². The van der Waals surface area contributed by atoms with Gasteiger partial charge in [0.05, 0.1) is 0 Å². The van der Waals surface area contributed by atoms with Crippen LogP contribution in [0.25, 0.3) is 0 Å². The molecule has 1 aliphatic heterocycles. The molecule has 1 aromatic carbocycles. The highest BCUT2D eigenvalue weighted by Crippen LogP contribution is 2.41. The average molecular weight is 474 g/mol. The first kappa shape index (κ1) is 21.4. The van der Waals surface area contributed by atoms with Crippen molar-refractivity contribution < 1.29 is 4.39 Å². The van der Waals surface area contributed by atoms with Gasteiger partial charge in [-0.25, -0.2) is 4.39 Å². The Hall–Kier alpha value is -0.890. The van der Waals surface area contributed by atoms with E-state index in [1.54, 1.807) is 12.1 Å². The largest absolute Gasteiger partial charge is 0.353 e. The minimum absolute atomic E-state index is 0. The summed E-state index contributed by atoms with van der Waals surface area (Å²) in [5.41, 5.74) is 0.825. The van der Waals surface area contributed by atoms with Gasteiger partial charge in [0.1, 0.15) is 5.82 Å². The molecule has 2 fully saturated rings. The maximum atomic E-state index is 14.0. The molecule has 1 saturated carbocycles. The maximum absolute atomic E-state index is 14.0. The molecule has 3 atom stereocenters. The van der Waals surface area contributed by atoms with Gasteiger partial charge < -0.3 is 10.2 Å². The smallest absolute Gasteiger partial charge is 0.193 e. The van der Waals surface area contributed by atoms with E-state index >= 15 is 0 Å². The molecule has 1 aromatic rings. The number of halogens is 2. The van der Waals surface area contributed by atoms with E-state index in [0.29, 0.717) is 6.04 Å². The summed E-state index contributed by atoms with van der Waals surface area (Å²) in [4.78, 5) is 9.47. The van der Waals surface area contributed by atoms with Crippen LogP contribution < -0.4 is 5.32 Å². The van der Waals surface area contributed by atoms with Crippen molar-refractivity contribution >= 4 is 29.9 Å². The number of rotatable bonds is 6. The first-order valence-electron chi connectivity index (χ1n) is 9.64. The molecule has 6 heteroatoms. The third kappa shape index (κ3) is 5.09. The van der Waals surface area contributed by atoms with Gasteiger partial charge in [-0.3, -0.25) is 9.89 Å². The predicted octanol–water partition coefficient (Wildman–Crippen LogP) is 3.68. The Balaban J connectivity index is 0.00000243. The molecule has 0 spiro atoms. The lowest BCUT2D eigenvalue weighted by atomic mass is 10.1. The van der Waals surface area contributed by atoms with Gasteiger partial charge in [0.2, 0.25) is 0 Å². The maximum Gasteiger partial charge on any atom is 0.193 e. The standard InChI is InChI=1S/C20H31FN4.HI/c1-4-22-20(24(3)14-15-9-8-12-25(15)5-2)23-19-13-17(19)16-10-6-7-11-18(16)21;/h6-7,10-11,15,17,19H,4-5,8-9,12-14H2,1-3H3,(H,22,23);1H. The van der Waals surface area contributed by atoms with E-state index in [1.807, 2.05) is 12.1 Å². The topological polar surface area (TPSA) is 30.9 Å². The van der Waals surface area contributed by atoms with Crippen LogP contribution in [0, 0.1) is 5.82 Å². The monoisotopic (exact) mass is 474 g/mol. The number of nitrogens with zero attached hydrogens (tertiary/aromatic N) is 3. The third-order valence-electron chi connectivity index (χ3n) is 5.47. The summed E-state index contributed by atoms with van der Waals surface area (Å²) in [5, 5.41) is 3.56. The summed E-state index contributed by atoms with van der Waals surface area (Å²) < 4.78 is 14.0. The highest BCUT2D eigenvalue weighted by atomic mass is 127. The van der Waals surface area contributed by atoms with E-state index in [4.69, 9.17) is 0 Å². The van der Waals surface area contributed by atoms with Crippen LogP contribution in [0.4, 0.5) is 4.39 Å². The van der Waals surface area contributed by atoms with Gasteiger partial charge >= 0.3 is 0 Å². The first-order chi connectivity index (χ1) is 12.1. The van der Waals surface area contributed by atoms with Crippen LogP contribution in [-0.4, -0.2) is 61.1 Å². The van der Waals surface area contributed by atoms with Gasteiger partial charge in [0.25, 0.3) is 0 Å². The summed E-state index contributed by atoms with van der Waals surface area (Å²) in [6.45, 7) is 8.37. The Morgan fingerprint density at radius 1 is 1.35 bits per heavy atom. The molecule has 1 heterocycles. The molecule has 4 nitrogen and oxygen atoms in total. The quantitative estimate of drug-likeness (QED) is 0.388. The Bertz CT molecular complexity index is 609. The zero-order chi connectivity index (χ0) is 17.8. The summed E-state index contributed by atoms with van der Waals surface area (Å²) in [7, 11) is 2.12. The van der Waals surface area contributed by atoms with Gasteiger partial charge in [0.15, 0.2) is 5.96 Å². The highest BCUT2D eigenvalue weighted by molar-refractivity contribution is 14.0. The van der Waals surface area contributed by atoms with Crippen LogP contribution in [0.5, 0.6) is 0 Å². The summed E-state index contributed by atoms with van der Waals surface area (Å²) in [5.74, 6) is 1.12. The number of likely N-dealkylation sites (tertiary alicyclic amines) is 1. The lowest BCUT2D eigenvalue weighted by molar-refractivity contribution is 0.232. The molecule has 0 amide bonds. The third-order valence-corrected chi connectivity index (χ3v) is 5.47. The van der Waals surface area contributed by atoms with Crippen molar-refractivity contribution in [2.75, 3.05) is 33.2 Å². The Kier molecular flexibility index (Phi) is 8.13. The zero-order valence-electron chi connectivity index (χ0n) is 16.1. The average Bonchev–Trinajstić information content (AvgIpc) is 3.22. The first-order valence-corrected chi connectivity index (χ1v) is 9.64. The number of hydrogen-bond donors (Lipinski definition) is 1. The number of benzene rings is 1. The molecule has 146 valence electrons. The molecule has 0 bridgehead atoms. The van der Waals surface area contributed by atoms with Gasteiger partial charge in [-0.1, -0.05) is 25.1 Å². The van der Waals surface area contributed by atoms with E-state index in [9.17, 15) is 4.39 Å². The second-order valence-corrected chi connectivity index (χ2v) is 7.22. The Morgan fingerprint density at radius 2 is 2.12 bits per heavy atom. The van der Waals surface area contributed by atoms with Crippen molar-refractivity contribution in [3.8, 4) is 0 Å². The molecular weight excluding hydrogens is 442 g/mol. The summed E-state index contributed by atoms with van der Waals surface area (Å²) >= 11 is 0. The molecule has 1 N–H and O–H groups in total. The number of guanidine groups is 1. The zero-order valence-corrected chi connectivity index (χ0v) is 18.4. The van der Waals surface area contributed by atoms with Gasteiger partial charge in [-0.05, 0) is 50.9 Å². The molecule has 2 aliphatic rings. The predicted molar refractivity (Wildman–Crippen MR) is 117 cm³/mol. The molecule has 26 heavy (non-hydrogen) atoms. The number of nitrogens with one attached hydrogen (secondary N) is 1. The van der Waals surface area contributed by atoms with E-state index in [2.05, 4.69) is 41.0 Å². The fourth-order valence-electron chi connectivity index (χ4n) is 3.99. The van der Waals surface area contributed by atoms with E-state index in [1.165, 1.54) is 19.4 Å². The molecule has 0 aromatic heterocycles. The summed E-state index contributed by atoms with van der Waals surface area (Å²) in [6.07, 6.45) is 3.53. The fourth-order valence-corrected chi connectivity index (χ4v) is 3.99. The second kappa shape index (κ2) is 9.88. The van der Waals surface area contributed by atoms with Crippen LogP contribution in [0.15, 0.2) is 29.3 Å². The number of hydrogen-bond acceptors (Lipinski definition) is 2. The minimum Gasteiger partial charge on any atom is -0.353 e. The van der Waals surface area contributed by atoms with Gasteiger partial charge in [0, 0.05) is 38.1 Å². The van der Waals surface area contributed by atoms with Gasteiger partial charge in [-0.15, -0.1) is 24.0 Å². The van der Waals surface area contributed by atoms with Crippen molar-refractivity contribution in [2.45, 2.75) is 51.1 Å². The molecular formula is C20H32FIN4. The normalized spacial score (nSPS) is 25.7. The van der Waals surface area contributed by atoms with Crippen LogP contribution in [0.3, 0.4) is 0 Å². The fraction of sp³-hybridized carbons (Fsp3) is 0.650. The van der Waals surface area contributed by atoms with Crippen molar-refractivity contribution in [3.05, 3.63) is 35.6 Å².